The van der Waals surface area contributed by atoms with Crippen LogP contribution in [0.4, 0.5) is 0 Å². The van der Waals surface area contributed by atoms with Gasteiger partial charge >= 0.3 is 0 Å². The molecule has 1 fully saturated rings. The molecule has 0 bridgehead atoms. The molecule has 2 rings (SSSR count). The van der Waals surface area contributed by atoms with Crippen molar-refractivity contribution >= 4 is 0 Å². The van der Waals surface area contributed by atoms with Gasteiger partial charge < -0.3 is 0 Å². The summed E-state index contributed by atoms with van der Waals surface area (Å²) in [6, 6.07) is 10.8. The molecule has 1 saturated heterocycles. The van der Waals surface area contributed by atoms with E-state index in [0.29, 0.717) is 5.41 Å². The molecule has 1 aromatic rings. The second kappa shape index (κ2) is 4.36. The van der Waals surface area contributed by atoms with Gasteiger partial charge in [0.1, 0.15) is 0 Å². The van der Waals surface area contributed by atoms with Crippen molar-refractivity contribution in [1.29, 1.82) is 0 Å². The Hall–Kier alpha value is -0.820. The smallest absolute Gasteiger partial charge is 0.0234 e. The second-order valence-electron chi connectivity index (χ2n) is 5.19. The molecule has 82 valence electrons. The summed E-state index contributed by atoms with van der Waals surface area (Å²) >= 11 is 0. The molecule has 0 radical (unpaired) electrons. The van der Waals surface area contributed by atoms with E-state index < -0.39 is 0 Å². The maximum atomic E-state index is 2.55. The van der Waals surface area contributed by atoms with E-state index in [4.69, 9.17) is 0 Å². The average molecular weight is 203 g/mol. The first-order valence-corrected chi connectivity index (χ1v) is 5.98. The van der Waals surface area contributed by atoms with Crippen LogP contribution in [0.3, 0.4) is 0 Å². The van der Waals surface area contributed by atoms with Crippen molar-refractivity contribution in [1.82, 2.24) is 4.90 Å². The lowest BCUT2D eigenvalue weighted by Crippen LogP contribution is -2.53. The van der Waals surface area contributed by atoms with E-state index >= 15 is 0 Å². The fourth-order valence-electron chi connectivity index (χ4n) is 2.75. The molecular formula is C14H21N. The number of likely N-dealkylation sites (tertiary alicyclic amines) is 1. The Bertz CT molecular complexity index is 298. The minimum absolute atomic E-state index is 0.601. The van der Waals surface area contributed by atoms with E-state index in [1.807, 2.05) is 0 Å². The summed E-state index contributed by atoms with van der Waals surface area (Å²) in [7, 11) is 0. The van der Waals surface area contributed by atoms with E-state index in [9.17, 15) is 0 Å². The predicted octanol–water partition coefficient (Wildman–Crippen LogP) is 3.31. The molecule has 0 N–H and O–H groups in total. The van der Waals surface area contributed by atoms with Crippen molar-refractivity contribution < 1.29 is 0 Å². The van der Waals surface area contributed by atoms with Crippen LogP contribution in [0.25, 0.3) is 0 Å². The highest BCUT2D eigenvalue weighted by Gasteiger charge is 2.37. The molecule has 0 atom stereocenters. The summed E-state index contributed by atoms with van der Waals surface area (Å²) < 4.78 is 0. The maximum absolute atomic E-state index is 2.55. The number of hydrogen-bond acceptors (Lipinski definition) is 1. The third kappa shape index (κ3) is 2.60. The summed E-state index contributed by atoms with van der Waals surface area (Å²) in [4.78, 5) is 2.55. The molecule has 0 unspecified atom stereocenters. The first kappa shape index (κ1) is 10.7. The highest BCUT2D eigenvalue weighted by atomic mass is 15.2. The van der Waals surface area contributed by atoms with Gasteiger partial charge in [0.2, 0.25) is 0 Å². The summed E-state index contributed by atoms with van der Waals surface area (Å²) in [6.45, 7) is 8.37. The zero-order valence-corrected chi connectivity index (χ0v) is 9.87. The van der Waals surface area contributed by atoms with Crippen LogP contribution in [0.15, 0.2) is 30.3 Å². The molecule has 1 heterocycles. The van der Waals surface area contributed by atoms with Crippen LogP contribution in [-0.2, 0) is 6.54 Å². The van der Waals surface area contributed by atoms with Crippen molar-refractivity contribution in [3.63, 3.8) is 0 Å². The van der Waals surface area contributed by atoms with Gasteiger partial charge in [-0.15, -0.1) is 0 Å². The number of benzene rings is 1. The lowest BCUT2D eigenvalue weighted by molar-refractivity contribution is 0.00198. The lowest BCUT2D eigenvalue weighted by atomic mass is 9.78. The number of hydrogen-bond donors (Lipinski definition) is 0. The fraction of sp³-hybridized carbons (Fsp3) is 0.571. The quantitative estimate of drug-likeness (QED) is 0.725. The second-order valence-corrected chi connectivity index (χ2v) is 5.19. The van der Waals surface area contributed by atoms with Gasteiger partial charge in [-0.25, -0.2) is 0 Å². The Kier molecular flexibility index (Phi) is 3.11. The Morgan fingerprint density at radius 2 is 1.87 bits per heavy atom. The number of rotatable bonds is 4. The molecule has 0 aromatic heterocycles. The largest absolute Gasteiger partial charge is 0.298 e. The summed E-state index contributed by atoms with van der Waals surface area (Å²) in [5.74, 6) is 0. The molecule has 1 heteroatoms. The zero-order chi connectivity index (χ0) is 10.7. The van der Waals surface area contributed by atoms with Gasteiger partial charge in [0.25, 0.3) is 0 Å². The van der Waals surface area contributed by atoms with E-state index in [2.05, 4.69) is 49.1 Å². The van der Waals surface area contributed by atoms with Crippen LogP contribution >= 0.6 is 0 Å². The Morgan fingerprint density at radius 1 is 1.20 bits per heavy atom. The highest BCUT2D eigenvalue weighted by Crippen LogP contribution is 2.35. The lowest BCUT2D eigenvalue weighted by Gasteiger charge is -2.48. The third-order valence-corrected chi connectivity index (χ3v) is 3.31. The first-order valence-electron chi connectivity index (χ1n) is 5.98. The van der Waals surface area contributed by atoms with Gasteiger partial charge in [-0.2, -0.15) is 0 Å². The number of nitrogens with zero attached hydrogens (tertiary/aromatic N) is 1. The zero-order valence-electron chi connectivity index (χ0n) is 9.87. The van der Waals surface area contributed by atoms with Crippen molar-refractivity contribution in [2.45, 2.75) is 33.2 Å². The van der Waals surface area contributed by atoms with Crippen molar-refractivity contribution in [2.75, 3.05) is 13.1 Å². The van der Waals surface area contributed by atoms with E-state index in [1.165, 1.54) is 31.5 Å². The van der Waals surface area contributed by atoms with Gasteiger partial charge in [-0.3, -0.25) is 4.90 Å². The molecule has 1 nitrogen and oxygen atoms in total. The van der Waals surface area contributed by atoms with Crippen molar-refractivity contribution in [2.24, 2.45) is 5.41 Å². The molecule has 1 aliphatic rings. The van der Waals surface area contributed by atoms with Gasteiger partial charge in [-0.1, -0.05) is 50.6 Å². The summed E-state index contributed by atoms with van der Waals surface area (Å²) in [5, 5.41) is 0. The van der Waals surface area contributed by atoms with Crippen LogP contribution in [-0.4, -0.2) is 18.0 Å². The van der Waals surface area contributed by atoms with E-state index in [1.54, 1.807) is 0 Å². The molecular weight excluding hydrogens is 182 g/mol. The van der Waals surface area contributed by atoms with Crippen LogP contribution in [0, 0.1) is 5.41 Å². The van der Waals surface area contributed by atoms with Crippen LogP contribution in [0.2, 0.25) is 0 Å². The van der Waals surface area contributed by atoms with Gasteiger partial charge in [-0.05, 0) is 17.4 Å². The third-order valence-electron chi connectivity index (χ3n) is 3.31. The van der Waals surface area contributed by atoms with Crippen LogP contribution < -0.4 is 0 Å². The van der Waals surface area contributed by atoms with Gasteiger partial charge in [0.15, 0.2) is 0 Å². The summed E-state index contributed by atoms with van der Waals surface area (Å²) in [6.07, 6.45) is 2.69. The maximum Gasteiger partial charge on any atom is 0.0234 e. The standard InChI is InChI=1S/C14H21N/c1-3-9-14(2)11-15(12-14)10-13-7-5-4-6-8-13/h4-8H,3,9-12H2,1-2H3. The van der Waals surface area contributed by atoms with Crippen LogP contribution in [0.1, 0.15) is 32.3 Å². The SMILES string of the molecule is CCCC1(C)CN(Cc2ccccc2)C1. The Labute approximate surface area is 93.1 Å². The minimum Gasteiger partial charge on any atom is -0.298 e. The average Bonchev–Trinajstić information content (AvgIpc) is 2.17. The molecule has 1 aromatic carbocycles. The molecule has 0 saturated carbocycles. The molecule has 1 aliphatic heterocycles. The van der Waals surface area contributed by atoms with E-state index in [0.717, 1.165) is 6.54 Å². The highest BCUT2D eigenvalue weighted by molar-refractivity contribution is 5.15. The molecule has 0 amide bonds. The van der Waals surface area contributed by atoms with Gasteiger partial charge in [0.05, 0.1) is 0 Å². The Morgan fingerprint density at radius 3 is 2.47 bits per heavy atom. The van der Waals surface area contributed by atoms with Crippen LogP contribution in [0.5, 0.6) is 0 Å². The van der Waals surface area contributed by atoms with Crippen molar-refractivity contribution in [3.05, 3.63) is 35.9 Å². The minimum atomic E-state index is 0.601. The molecule has 0 spiro atoms. The topological polar surface area (TPSA) is 3.24 Å². The van der Waals surface area contributed by atoms with Gasteiger partial charge in [0, 0.05) is 19.6 Å². The normalized spacial score (nSPS) is 19.9. The molecule has 15 heavy (non-hydrogen) atoms. The Balaban J connectivity index is 1.81. The fourth-order valence-corrected chi connectivity index (χ4v) is 2.75. The first-order chi connectivity index (χ1) is 7.22. The summed E-state index contributed by atoms with van der Waals surface area (Å²) in [5.41, 5.74) is 2.04. The monoisotopic (exact) mass is 203 g/mol. The predicted molar refractivity (Wildman–Crippen MR) is 64.7 cm³/mol. The van der Waals surface area contributed by atoms with Crippen molar-refractivity contribution in [3.8, 4) is 0 Å². The van der Waals surface area contributed by atoms with E-state index in [-0.39, 0.29) is 0 Å². The molecule has 0 aliphatic carbocycles.